The molecule has 0 radical (unpaired) electrons. The highest BCUT2D eigenvalue weighted by molar-refractivity contribution is 6.32. The van der Waals surface area contributed by atoms with Crippen LogP contribution in [0.3, 0.4) is 0 Å². The molecule has 8 heteroatoms. The van der Waals surface area contributed by atoms with Crippen LogP contribution < -0.4 is 10.4 Å². The number of hydrogen-bond donors (Lipinski definition) is 0. The number of halogens is 1. The lowest BCUT2D eigenvalue weighted by Crippen LogP contribution is -2.05. The van der Waals surface area contributed by atoms with Gasteiger partial charge >= 0.3 is 11.6 Å². The normalized spacial score (nSPS) is 11.1. The van der Waals surface area contributed by atoms with Gasteiger partial charge in [-0.3, -0.25) is 10.1 Å². The third-order valence-electron chi connectivity index (χ3n) is 4.12. The van der Waals surface area contributed by atoms with E-state index >= 15 is 0 Å². The molecule has 1 heterocycles. The number of benzene rings is 2. The minimum atomic E-state index is -0.686. The quantitative estimate of drug-likeness (QED) is 0.142. The zero-order chi connectivity index (χ0) is 21.0. The van der Waals surface area contributed by atoms with Crippen molar-refractivity contribution in [1.29, 1.82) is 0 Å². The summed E-state index contributed by atoms with van der Waals surface area (Å²) in [5.41, 5.74) is 0.916. The van der Waals surface area contributed by atoms with Crippen LogP contribution >= 0.6 is 11.6 Å². The highest BCUT2D eigenvalue weighted by atomic mass is 35.5. The first-order valence-corrected chi connectivity index (χ1v) is 9.16. The van der Waals surface area contributed by atoms with Crippen LogP contribution in [0.15, 0.2) is 57.8 Å². The van der Waals surface area contributed by atoms with Crippen LogP contribution in [0.2, 0.25) is 5.02 Å². The molecule has 1 aromatic heterocycles. The van der Waals surface area contributed by atoms with Gasteiger partial charge in [-0.2, -0.15) is 0 Å². The number of nitro benzene ring substituents is 1. The number of esters is 1. The van der Waals surface area contributed by atoms with Crippen molar-refractivity contribution in [2.45, 2.75) is 19.8 Å². The van der Waals surface area contributed by atoms with E-state index in [1.807, 2.05) is 6.92 Å². The van der Waals surface area contributed by atoms with Gasteiger partial charge in [0.05, 0.1) is 4.92 Å². The summed E-state index contributed by atoms with van der Waals surface area (Å²) in [5, 5.41) is 11.7. The number of carbonyl (C=O) groups is 1. The number of fused-ring (bicyclic) bond motifs is 1. The van der Waals surface area contributed by atoms with Crippen molar-refractivity contribution >= 4 is 40.3 Å². The van der Waals surface area contributed by atoms with Gasteiger partial charge in [0.25, 0.3) is 5.69 Å². The van der Waals surface area contributed by atoms with Crippen molar-refractivity contribution in [1.82, 2.24) is 0 Å². The van der Waals surface area contributed by atoms with Gasteiger partial charge in [0.2, 0.25) is 0 Å². The molecule has 0 aliphatic carbocycles. The highest BCUT2D eigenvalue weighted by Crippen LogP contribution is 2.26. The summed E-state index contributed by atoms with van der Waals surface area (Å²) < 4.78 is 10.4. The summed E-state index contributed by atoms with van der Waals surface area (Å²) in [6.45, 7) is 2.01. The summed E-state index contributed by atoms with van der Waals surface area (Å²) in [6, 6.07) is 10.5. The Bertz CT molecular complexity index is 1180. The number of ether oxygens (including phenoxy) is 1. The Balaban J connectivity index is 1.79. The summed E-state index contributed by atoms with van der Waals surface area (Å²) in [4.78, 5) is 34.1. The average Bonchev–Trinajstić information content (AvgIpc) is 2.67. The van der Waals surface area contributed by atoms with E-state index < -0.39 is 16.5 Å². The fraction of sp³-hybridized carbons (Fsp3) is 0.143. The second kappa shape index (κ2) is 8.70. The molecule has 0 saturated heterocycles. The molecule has 2 aromatic carbocycles. The predicted molar refractivity (Wildman–Crippen MR) is 109 cm³/mol. The van der Waals surface area contributed by atoms with Crippen LogP contribution in [0.4, 0.5) is 5.69 Å². The Kier molecular flexibility index (Phi) is 6.09. The first-order valence-electron chi connectivity index (χ1n) is 8.78. The number of aryl methyl sites for hydroxylation is 1. The highest BCUT2D eigenvalue weighted by Gasteiger charge is 2.12. The van der Waals surface area contributed by atoms with Crippen molar-refractivity contribution in [2.24, 2.45) is 0 Å². The first kappa shape index (κ1) is 20.3. The number of hydrogen-bond acceptors (Lipinski definition) is 6. The molecule has 29 heavy (non-hydrogen) atoms. The lowest BCUT2D eigenvalue weighted by atomic mass is 10.1. The van der Waals surface area contributed by atoms with Gasteiger partial charge in [-0.05, 0) is 41.8 Å². The van der Waals surface area contributed by atoms with Crippen LogP contribution in [-0.2, 0) is 11.2 Å². The molecule has 0 aliphatic heterocycles. The molecule has 3 aromatic rings. The molecular weight excluding hydrogens is 398 g/mol. The molecular formula is C21H16ClNO6. The maximum atomic E-state index is 12.1. The summed E-state index contributed by atoms with van der Waals surface area (Å²) in [6.07, 6.45) is 4.13. The van der Waals surface area contributed by atoms with Crippen LogP contribution in [0.25, 0.3) is 17.0 Å². The van der Waals surface area contributed by atoms with Gasteiger partial charge < -0.3 is 9.15 Å². The van der Waals surface area contributed by atoms with Crippen molar-refractivity contribution in [3.05, 3.63) is 85.2 Å². The maximum Gasteiger partial charge on any atom is 0.336 e. The van der Waals surface area contributed by atoms with Gasteiger partial charge in [-0.1, -0.05) is 31.0 Å². The molecule has 3 rings (SSSR count). The molecule has 7 nitrogen and oxygen atoms in total. The van der Waals surface area contributed by atoms with Crippen molar-refractivity contribution in [2.75, 3.05) is 0 Å². The van der Waals surface area contributed by atoms with Crippen molar-refractivity contribution in [3.63, 3.8) is 0 Å². The maximum absolute atomic E-state index is 12.1. The monoisotopic (exact) mass is 413 g/mol. The van der Waals surface area contributed by atoms with Crippen LogP contribution in [0, 0.1) is 10.1 Å². The lowest BCUT2D eigenvalue weighted by Gasteiger charge is -2.06. The van der Waals surface area contributed by atoms with Gasteiger partial charge in [0, 0.05) is 29.7 Å². The van der Waals surface area contributed by atoms with E-state index in [2.05, 4.69) is 0 Å². The molecule has 0 aliphatic rings. The largest absolute Gasteiger partial charge is 0.423 e. The molecule has 0 amide bonds. The second-order valence-electron chi connectivity index (χ2n) is 6.22. The average molecular weight is 414 g/mol. The summed E-state index contributed by atoms with van der Waals surface area (Å²) in [5.74, 6) is -0.472. The third kappa shape index (κ3) is 4.89. The summed E-state index contributed by atoms with van der Waals surface area (Å²) >= 11 is 5.76. The zero-order valence-corrected chi connectivity index (χ0v) is 16.1. The van der Waals surface area contributed by atoms with Crippen LogP contribution in [0.5, 0.6) is 5.75 Å². The Morgan fingerprint density at radius 2 is 2.03 bits per heavy atom. The minimum absolute atomic E-state index is 0.00910. The fourth-order valence-corrected chi connectivity index (χ4v) is 3.02. The van der Waals surface area contributed by atoms with Gasteiger partial charge in [0.1, 0.15) is 16.4 Å². The Hall–Kier alpha value is -3.45. The molecule has 148 valence electrons. The van der Waals surface area contributed by atoms with Crippen molar-refractivity contribution in [3.8, 4) is 5.75 Å². The van der Waals surface area contributed by atoms with E-state index in [-0.39, 0.29) is 16.5 Å². The van der Waals surface area contributed by atoms with E-state index in [0.717, 1.165) is 29.9 Å². The molecule has 0 spiro atoms. The van der Waals surface area contributed by atoms with Crippen LogP contribution in [0.1, 0.15) is 24.5 Å². The standard InChI is InChI=1S/C21H16ClNO6/c1-2-3-14-11-21(25)29-19-12-15(6-7-16(14)19)28-20(24)9-5-13-4-8-17(22)18(10-13)23(26)27/h4-12H,2-3H2,1H3/b9-5+. The minimum Gasteiger partial charge on any atom is -0.423 e. The molecule has 0 saturated carbocycles. The molecule has 0 fully saturated rings. The predicted octanol–water partition coefficient (Wildman–Crippen LogP) is 4.93. The topological polar surface area (TPSA) is 99.7 Å². The second-order valence-corrected chi connectivity index (χ2v) is 6.63. The summed E-state index contributed by atoms with van der Waals surface area (Å²) in [7, 11) is 0. The number of carbonyl (C=O) groups excluding carboxylic acids is 1. The van der Waals surface area contributed by atoms with E-state index in [0.29, 0.717) is 11.1 Å². The smallest absolute Gasteiger partial charge is 0.336 e. The Morgan fingerprint density at radius 1 is 1.24 bits per heavy atom. The fourth-order valence-electron chi connectivity index (χ4n) is 2.84. The Morgan fingerprint density at radius 3 is 2.76 bits per heavy atom. The molecule has 0 bridgehead atoms. The van der Waals surface area contributed by atoms with E-state index in [1.165, 1.54) is 30.3 Å². The van der Waals surface area contributed by atoms with Crippen LogP contribution in [-0.4, -0.2) is 10.9 Å². The first-order chi connectivity index (χ1) is 13.9. The molecule has 0 unspecified atom stereocenters. The zero-order valence-electron chi connectivity index (χ0n) is 15.4. The lowest BCUT2D eigenvalue weighted by molar-refractivity contribution is -0.384. The van der Waals surface area contributed by atoms with Gasteiger partial charge in [0.15, 0.2) is 0 Å². The van der Waals surface area contributed by atoms with E-state index in [4.69, 9.17) is 20.8 Å². The van der Waals surface area contributed by atoms with E-state index in [1.54, 1.807) is 18.2 Å². The number of nitro groups is 1. The SMILES string of the molecule is CCCc1cc(=O)oc2cc(OC(=O)/C=C/c3ccc(Cl)c([N+](=O)[O-])c3)ccc12. The Labute approximate surface area is 170 Å². The number of nitrogens with zero attached hydrogens (tertiary/aromatic N) is 1. The number of rotatable bonds is 6. The van der Waals surface area contributed by atoms with Gasteiger partial charge in [-0.15, -0.1) is 0 Å². The third-order valence-corrected chi connectivity index (χ3v) is 4.44. The van der Waals surface area contributed by atoms with E-state index in [9.17, 15) is 19.7 Å². The molecule has 0 atom stereocenters. The molecule has 0 N–H and O–H groups in total. The van der Waals surface area contributed by atoms with Gasteiger partial charge in [-0.25, -0.2) is 9.59 Å². The van der Waals surface area contributed by atoms with Crippen molar-refractivity contribution < 1.29 is 18.9 Å².